The average Bonchev–Trinajstić information content (AvgIpc) is 3.02. The summed E-state index contributed by atoms with van der Waals surface area (Å²) in [4.78, 5) is 16.6. The number of ether oxygens (including phenoxy) is 1. The number of amides is 1. The number of hydrogen-bond acceptors (Lipinski definition) is 4. The third-order valence-electron chi connectivity index (χ3n) is 4.95. The predicted molar refractivity (Wildman–Crippen MR) is 92.8 cm³/mol. The Morgan fingerprint density at radius 3 is 2.54 bits per heavy atom. The van der Waals surface area contributed by atoms with Crippen LogP contribution in [0.15, 0.2) is 24.3 Å². The SMILES string of the molecule is N#Cc1ccc(N2CCCN(C(=O)COC3CCCC3)CC2)cc1. The molecular formula is C19H25N3O2. The van der Waals surface area contributed by atoms with Gasteiger partial charge < -0.3 is 14.5 Å². The highest BCUT2D eigenvalue weighted by molar-refractivity contribution is 5.77. The molecule has 0 bridgehead atoms. The number of hydrogen-bond donors (Lipinski definition) is 0. The van der Waals surface area contributed by atoms with Gasteiger partial charge in [-0.2, -0.15) is 5.26 Å². The molecule has 0 N–H and O–H groups in total. The predicted octanol–water partition coefficient (Wildman–Crippen LogP) is 2.56. The van der Waals surface area contributed by atoms with Gasteiger partial charge in [-0.15, -0.1) is 0 Å². The fourth-order valence-corrected chi connectivity index (χ4v) is 3.51. The Labute approximate surface area is 143 Å². The van der Waals surface area contributed by atoms with Crippen LogP contribution in [0.4, 0.5) is 5.69 Å². The highest BCUT2D eigenvalue weighted by atomic mass is 16.5. The van der Waals surface area contributed by atoms with Crippen molar-refractivity contribution in [1.82, 2.24) is 4.90 Å². The monoisotopic (exact) mass is 327 g/mol. The van der Waals surface area contributed by atoms with Crippen molar-refractivity contribution in [2.45, 2.75) is 38.2 Å². The van der Waals surface area contributed by atoms with Crippen LogP contribution in [0.2, 0.25) is 0 Å². The summed E-state index contributed by atoms with van der Waals surface area (Å²) in [5.74, 6) is 0.114. The minimum atomic E-state index is 0.114. The molecule has 2 aliphatic rings. The first kappa shape index (κ1) is 16.8. The maximum Gasteiger partial charge on any atom is 0.248 e. The van der Waals surface area contributed by atoms with E-state index in [-0.39, 0.29) is 18.6 Å². The molecule has 0 spiro atoms. The van der Waals surface area contributed by atoms with E-state index < -0.39 is 0 Å². The smallest absolute Gasteiger partial charge is 0.248 e. The molecule has 2 fully saturated rings. The Kier molecular flexibility index (Phi) is 5.71. The summed E-state index contributed by atoms with van der Waals surface area (Å²) in [7, 11) is 0. The lowest BCUT2D eigenvalue weighted by Crippen LogP contribution is -2.38. The van der Waals surface area contributed by atoms with Crippen molar-refractivity contribution in [1.29, 1.82) is 5.26 Å². The van der Waals surface area contributed by atoms with E-state index in [1.165, 1.54) is 12.8 Å². The molecule has 1 saturated heterocycles. The molecule has 24 heavy (non-hydrogen) atoms. The maximum atomic E-state index is 12.4. The molecule has 1 heterocycles. The summed E-state index contributed by atoms with van der Waals surface area (Å²) < 4.78 is 5.76. The third-order valence-corrected chi connectivity index (χ3v) is 4.95. The van der Waals surface area contributed by atoms with Crippen molar-refractivity contribution in [2.24, 2.45) is 0 Å². The van der Waals surface area contributed by atoms with Gasteiger partial charge in [0.25, 0.3) is 0 Å². The molecule has 0 radical (unpaired) electrons. The zero-order valence-electron chi connectivity index (χ0n) is 14.1. The lowest BCUT2D eigenvalue weighted by Gasteiger charge is -2.24. The van der Waals surface area contributed by atoms with Gasteiger partial charge in [0.05, 0.1) is 17.7 Å². The summed E-state index contributed by atoms with van der Waals surface area (Å²) in [5, 5.41) is 8.89. The van der Waals surface area contributed by atoms with Crippen LogP contribution < -0.4 is 4.90 Å². The second-order valence-corrected chi connectivity index (χ2v) is 6.60. The number of rotatable bonds is 4. The molecule has 5 heteroatoms. The lowest BCUT2D eigenvalue weighted by molar-refractivity contribution is -0.137. The molecule has 1 saturated carbocycles. The van der Waals surface area contributed by atoms with Gasteiger partial charge in [0, 0.05) is 31.9 Å². The van der Waals surface area contributed by atoms with E-state index in [1.807, 2.05) is 29.2 Å². The Hall–Kier alpha value is -2.06. The van der Waals surface area contributed by atoms with Crippen molar-refractivity contribution in [3.63, 3.8) is 0 Å². The zero-order chi connectivity index (χ0) is 16.8. The quantitative estimate of drug-likeness (QED) is 0.853. The van der Waals surface area contributed by atoms with E-state index in [0.717, 1.165) is 51.1 Å². The normalized spacial score (nSPS) is 19.1. The molecule has 0 unspecified atom stereocenters. The Morgan fingerprint density at radius 2 is 1.83 bits per heavy atom. The molecule has 1 aliphatic heterocycles. The van der Waals surface area contributed by atoms with Gasteiger partial charge in [0.1, 0.15) is 6.61 Å². The Balaban J connectivity index is 1.50. The maximum absolute atomic E-state index is 12.4. The molecule has 0 atom stereocenters. The van der Waals surface area contributed by atoms with Crippen LogP contribution in [0.3, 0.4) is 0 Å². The minimum absolute atomic E-state index is 0.114. The number of carbonyl (C=O) groups excluding carboxylic acids is 1. The fraction of sp³-hybridized carbons (Fsp3) is 0.579. The Morgan fingerprint density at radius 1 is 1.08 bits per heavy atom. The van der Waals surface area contributed by atoms with E-state index in [4.69, 9.17) is 10.00 Å². The standard InChI is InChI=1S/C19H25N3O2/c20-14-16-6-8-17(9-7-16)21-10-3-11-22(13-12-21)19(23)15-24-18-4-1-2-5-18/h6-9,18H,1-5,10-13,15H2. The van der Waals surface area contributed by atoms with Gasteiger partial charge in [-0.1, -0.05) is 12.8 Å². The van der Waals surface area contributed by atoms with Crippen molar-refractivity contribution >= 4 is 11.6 Å². The summed E-state index contributed by atoms with van der Waals surface area (Å²) in [5.41, 5.74) is 1.79. The van der Waals surface area contributed by atoms with Crippen LogP contribution in [0.1, 0.15) is 37.7 Å². The second-order valence-electron chi connectivity index (χ2n) is 6.60. The summed E-state index contributed by atoms with van der Waals surface area (Å²) >= 11 is 0. The van der Waals surface area contributed by atoms with Crippen LogP contribution >= 0.6 is 0 Å². The van der Waals surface area contributed by atoms with Gasteiger partial charge in [0.15, 0.2) is 0 Å². The molecule has 1 amide bonds. The largest absolute Gasteiger partial charge is 0.370 e. The number of anilines is 1. The van der Waals surface area contributed by atoms with Crippen molar-refractivity contribution in [3.8, 4) is 6.07 Å². The summed E-state index contributed by atoms with van der Waals surface area (Å²) in [6.07, 6.45) is 5.88. The van der Waals surface area contributed by atoms with E-state index in [2.05, 4.69) is 11.0 Å². The lowest BCUT2D eigenvalue weighted by atomic mass is 10.2. The van der Waals surface area contributed by atoms with E-state index in [1.54, 1.807) is 0 Å². The zero-order valence-corrected chi connectivity index (χ0v) is 14.1. The van der Waals surface area contributed by atoms with E-state index >= 15 is 0 Å². The minimum Gasteiger partial charge on any atom is -0.370 e. The molecule has 1 aliphatic carbocycles. The van der Waals surface area contributed by atoms with Gasteiger partial charge in [-0.25, -0.2) is 0 Å². The van der Waals surface area contributed by atoms with Gasteiger partial charge in [0.2, 0.25) is 5.91 Å². The van der Waals surface area contributed by atoms with Crippen LogP contribution in [-0.2, 0) is 9.53 Å². The van der Waals surface area contributed by atoms with Crippen LogP contribution in [0, 0.1) is 11.3 Å². The first-order valence-corrected chi connectivity index (χ1v) is 8.91. The molecule has 3 rings (SSSR count). The number of nitriles is 1. The molecular weight excluding hydrogens is 302 g/mol. The number of benzene rings is 1. The molecule has 1 aromatic rings. The van der Waals surface area contributed by atoms with Crippen molar-refractivity contribution < 1.29 is 9.53 Å². The highest BCUT2D eigenvalue weighted by Gasteiger charge is 2.22. The fourth-order valence-electron chi connectivity index (χ4n) is 3.51. The van der Waals surface area contributed by atoms with E-state index in [0.29, 0.717) is 5.56 Å². The second kappa shape index (κ2) is 8.16. The first-order chi connectivity index (χ1) is 11.8. The van der Waals surface area contributed by atoms with Gasteiger partial charge in [-0.3, -0.25) is 4.79 Å². The van der Waals surface area contributed by atoms with Gasteiger partial charge >= 0.3 is 0 Å². The van der Waals surface area contributed by atoms with E-state index in [9.17, 15) is 4.79 Å². The Bertz CT molecular complexity index is 588. The van der Waals surface area contributed by atoms with Gasteiger partial charge in [-0.05, 0) is 43.5 Å². The summed E-state index contributed by atoms with van der Waals surface area (Å²) in [6, 6.07) is 9.81. The molecule has 128 valence electrons. The third kappa shape index (κ3) is 4.27. The van der Waals surface area contributed by atoms with Crippen LogP contribution in [0.25, 0.3) is 0 Å². The average molecular weight is 327 g/mol. The number of nitrogens with zero attached hydrogens (tertiary/aromatic N) is 3. The van der Waals surface area contributed by atoms with Crippen LogP contribution in [-0.4, -0.2) is 49.7 Å². The van der Waals surface area contributed by atoms with Crippen molar-refractivity contribution in [3.05, 3.63) is 29.8 Å². The first-order valence-electron chi connectivity index (χ1n) is 8.91. The highest BCUT2D eigenvalue weighted by Crippen LogP contribution is 2.21. The molecule has 5 nitrogen and oxygen atoms in total. The number of carbonyl (C=O) groups is 1. The van der Waals surface area contributed by atoms with Crippen molar-refractivity contribution in [2.75, 3.05) is 37.7 Å². The van der Waals surface area contributed by atoms with Crippen LogP contribution in [0.5, 0.6) is 0 Å². The molecule has 0 aromatic heterocycles. The molecule has 1 aromatic carbocycles. The summed E-state index contributed by atoms with van der Waals surface area (Å²) in [6.45, 7) is 3.49. The topological polar surface area (TPSA) is 56.6 Å².